The van der Waals surface area contributed by atoms with E-state index in [0.717, 1.165) is 18.5 Å². The largest absolute Gasteiger partial charge is 0.251 e. The first-order valence-electron chi connectivity index (χ1n) is 6.90. The van der Waals surface area contributed by atoms with Crippen LogP contribution in [0.4, 0.5) is 0 Å². The van der Waals surface area contributed by atoms with Crippen molar-refractivity contribution in [2.75, 3.05) is 0 Å². The molecule has 0 atom stereocenters. The van der Waals surface area contributed by atoms with Crippen LogP contribution in [0.1, 0.15) is 67.9 Å². The Hall–Kier alpha value is -1.30. The summed E-state index contributed by atoms with van der Waals surface area (Å²) in [5.74, 6) is 0. The number of hydrogen-bond acceptors (Lipinski definition) is 2. The Kier molecular flexibility index (Phi) is 2.88. The molecule has 1 aromatic heterocycles. The molecule has 0 N–H and O–H groups in total. The van der Waals surface area contributed by atoms with Gasteiger partial charge in [0, 0.05) is 5.56 Å². The molecule has 0 aliphatic heterocycles. The molecule has 17 heavy (non-hydrogen) atoms. The van der Waals surface area contributed by atoms with Gasteiger partial charge in [-0.3, -0.25) is 4.68 Å². The van der Waals surface area contributed by atoms with Gasteiger partial charge in [-0.15, -0.1) is 0 Å². The third-order valence-electron chi connectivity index (χ3n) is 4.21. The normalized spacial score (nSPS) is 20.9. The van der Waals surface area contributed by atoms with Crippen LogP contribution in [0, 0.1) is 11.3 Å². The van der Waals surface area contributed by atoms with Crippen LogP contribution in [0.5, 0.6) is 0 Å². The zero-order valence-electron chi connectivity index (χ0n) is 10.3. The highest BCUT2D eigenvalue weighted by atomic mass is 15.3. The summed E-state index contributed by atoms with van der Waals surface area (Å²) in [5, 5.41) is 14.1. The van der Waals surface area contributed by atoms with Crippen molar-refractivity contribution >= 4 is 0 Å². The molecule has 3 heteroatoms. The summed E-state index contributed by atoms with van der Waals surface area (Å²) < 4.78 is 2.06. The highest BCUT2D eigenvalue weighted by molar-refractivity contribution is 5.38. The van der Waals surface area contributed by atoms with Gasteiger partial charge in [0.2, 0.25) is 0 Å². The number of aryl methyl sites for hydroxylation is 1. The second-order valence-electron chi connectivity index (χ2n) is 5.33. The summed E-state index contributed by atoms with van der Waals surface area (Å²) in [6.07, 6.45) is 11.0. The molecular formula is C14H19N3. The smallest absolute Gasteiger partial charge is 0.142 e. The van der Waals surface area contributed by atoms with Gasteiger partial charge < -0.3 is 0 Å². The fourth-order valence-corrected chi connectivity index (χ4v) is 3.30. The van der Waals surface area contributed by atoms with Crippen LogP contribution >= 0.6 is 0 Å². The van der Waals surface area contributed by atoms with Crippen LogP contribution in [0.25, 0.3) is 0 Å². The first kappa shape index (κ1) is 10.8. The molecule has 0 amide bonds. The van der Waals surface area contributed by atoms with E-state index < -0.39 is 0 Å². The number of hydrogen-bond donors (Lipinski definition) is 0. The summed E-state index contributed by atoms with van der Waals surface area (Å²) in [5.41, 5.74) is 3.31. The van der Waals surface area contributed by atoms with Crippen molar-refractivity contribution in [2.24, 2.45) is 0 Å². The molecule has 0 radical (unpaired) electrons. The summed E-state index contributed by atoms with van der Waals surface area (Å²) >= 11 is 0. The van der Waals surface area contributed by atoms with E-state index in [0.29, 0.717) is 6.04 Å². The molecule has 1 heterocycles. The van der Waals surface area contributed by atoms with E-state index in [9.17, 15) is 5.26 Å². The minimum absolute atomic E-state index is 0.484. The molecule has 3 nitrogen and oxygen atoms in total. The molecule has 2 aliphatic rings. The molecule has 3 rings (SSSR count). The average Bonchev–Trinajstić information content (AvgIpc) is 2.80. The highest BCUT2D eigenvalue weighted by Gasteiger charge is 2.26. The van der Waals surface area contributed by atoms with E-state index in [-0.39, 0.29) is 0 Å². The molecule has 1 saturated carbocycles. The van der Waals surface area contributed by atoms with E-state index in [1.807, 2.05) is 0 Å². The zero-order chi connectivity index (χ0) is 11.7. The lowest BCUT2D eigenvalue weighted by Crippen LogP contribution is -2.12. The summed E-state index contributed by atoms with van der Waals surface area (Å²) in [6, 6.07) is 2.88. The lowest BCUT2D eigenvalue weighted by molar-refractivity contribution is 0.398. The highest BCUT2D eigenvalue weighted by Crippen LogP contribution is 2.32. The zero-order valence-corrected chi connectivity index (χ0v) is 10.3. The maximum absolute atomic E-state index is 9.36. The standard InChI is InChI=1S/C14H19N3/c15-10-14-12-8-5-9-13(12)16-17(14)11-6-3-1-2-4-7-11/h11H,1-9H2. The van der Waals surface area contributed by atoms with Gasteiger partial charge in [0.25, 0.3) is 0 Å². The fourth-order valence-electron chi connectivity index (χ4n) is 3.30. The Morgan fingerprint density at radius 3 is 2.53 bits per heavy atom. The van der Waals surface area contributed by atoms with Gasteiger partial charge in [0.1, 0.15) is 11.8 Å². The van der Waals surface area contributed by atoms with E-state index >= 15 is 0 Å². The van der Waals surface area contributed by atoms with E-state index in [4.69, 9.17) is 5.10 Å². The van der Waals surface area contributed by atoms with Crippen LogP contribution in [0.2, 0.25) is 0 Å². The van der Waals surface area contributed by atoms with E-state index in [1.54, 1.807) is 0 Å². The number of aromatic nitrogens is 2. The predicted octanol–water partition coefficient (Wildman–Crippen LogP) is 3.14. The van der Waals surface area contributed by atoms with Gasteiger partial charge in [-0.05, 0) is 32.1 Å². The number of rotatable bonds is 1. The van der Waals surface area contributed by atoms with Crippen LogP contribution in [-0.2, 0) is 12.8 Å². The summed E-state index contributed by atoms with van der Waals surface area (Å²) in [7, 11) is 0. The van der Waals surface area contributed by atoms with Gasteiger partial charge in [-0.25, -0.2) is 0 Å². The van der Waals surface area contributed by atoms with Crippen molar-refractivity contribution in [3.8, 4) is 6.07 Å². The third-order valence-corrected chi connectivity index (χ3v) is 4.21. The SMILES string of the molecule is N#Cc1c2c(nn1C1CCCCCC1)CCC2. The molecule has 0 aromatic carbocycles. The number of nitrogens with zero attached hydrogens (tertiary/aromatic N) is 3. The summed E-state index contributed by atoms with van der Waals surface area (Å²) in [4.78, 5) is 0. The van der Waals surface area contributed by atoms with Gasteiger partial charge >= 0.3 is 0 Å². The van der Waals surface area contributed by atoms with Crippen molar-refractivity contribution < 1.29 is 0 Å². The molecular weight excluding hydrogens is 210 g/mol. The Labute approximate surface area is 102 Å². The maximum atomic E-state index is 9.36. The second-order valence-corrected chi connectivity index (χ2v) is 5.33. The molecule has 90 valence electrons. The number of fused-ring (bicyclic) bond motifs is 1. The Balaban J connectivity index is 1.94. The van der Waals surface area contributed by atoms with Gasteiger partial charge in [0.15, 0.2) is 0 Å². The molecule has 0 bridgehead atoms. The van der Waals surface area contributed by atoms with Crippen molar-refractivity contribution in [3.05, 3.63) is 17.0 Å². The van der Waals surface area contributed by atoms with Crippen molar-refractivity contribution in [1.29, 1.82) is 5.26 Å². The lowest BCUT2D eigenvalue weighted by Gasteiger charge is -2.16. The van der Waals surface area contributed by atoms with Crippen LogP contribution in [0.3, 0.4) is 0 Å². The van der Waals surface area contributed by atoms with E-state index in [1.165, 1.54) is 56.2 Å². The average molecular weight is 229 g/mol. The predicted molar refractivity (Wildman–Crippen MR) is 65.7 cm³/mol. The summed E-state index contributed by atoms with van der Waals surface area (Å²) in [6.45, 7) is 0. The molecule has 0 unspecified atom stereocenters. The second kappa shape index (κ2) is 4.52. The van der Waals surface area contributed by atoms with Crippen molar-refractivity contribution in [3.63, 3.8) is 0 Å². The van der Waals surface area contributed by atoms with E-state index in [2.05, 4.69) is 10.8 Å². The quantitative estimate of drug-likeness (QED) is 0.694. The Morgan fingerprint density at radius 2 is 1.82 bits per heavy atom. The van der Waals surface area contributed by atoms with Crippen molar-refractivity contribution in [2.45, 2.75) is 63.8 Å². The first-order valence-corrected chi connectivity index (χ1v) is 6.90. The van der Waals surface area contributed by atoms with Crippen LogP contribution < -0.4 is 0 Å². The van der Waals surface area contributed by atoms with Crippen molar-refractivity contribution in [1.82, 2.24) is 9.78 Å². The molecule has 0 saturated heterocycles. The Bertz CT molecular complexity index is 445. The monoisotopic (exact) mass is 229 g/mol. The van der Waals surface area contributed by atoms with Crippen LogP contribution in [0.15, 0.2) is 0 Å². The first-order chi connectivity index (χ1) is 8.40. The minimum Gasteiger partial charge on any atom is -0.251 e. The fraction of sp³-hybridized carbons (Fsp3) is 0.714. The maximum Gasteiger partial charge on any atom is 0.142 e. The Morgan fingerprint density at radius 1 is 1.06 bits per heavy atom. The van der Waals surface area contributed by atoms with Gasteiger partial charge in [-0.2, -0.15) is 10.4 Å². The van der Waals surface area contributed by atoms with Gasteiger partial charge in [0.05, 0.1) is 11.7 Å². The molecule has 1 aromatic rings. The third kappa shape index (κ3) is 1.86. The number of nitriles is 1. The topological polar surface area (TPSA) is 41.6 Å². The minimum atomic E-state index is 0.484. The van der Waals surface area contributed by atoms with Crippen LogP contribution in [-0.4, -0.2) is 9.78 Å². The molecule has 2 aliphatic carbocycles. The lowest BCUT2D eigenvalue weighted by atomic mass is 10.1. The molecule has 1 fully saturated rings. The van der Waals surface area contributed by atoms with Gasteiger partial charge in [-0.1, -0.05) is 25.7 Å². The molecule has 0 spiro atoms.